The van der Waals surface area contributed by atoms with E-state index in [-0.39, 0.29) is 12.1 Å². The molecule has 6 nitrogen and oxygen atoms in total. The third-order valence-electron chi connectivity index (χ3n) is 4.26. The molecule has 0 bridgehead atoms. The third-order valence-corrected chi connectivity index (χ3v) is 4.26. The van der Waals surface area contributed by atoms with Gasteiger partial charge in [0.05, 0.1) is 0 Å². The lowest BCUT2D eigenvalue weighted by atomic mass is 10.1. The van der Waals surface area contributed by atoms with Gasteiger partial charge in [0.15, 0.2) is 6.04 Å². The highest BCUT2D eigenvalue weighted by Crippen LogP contribution is 2.19. The number of nitrogens with one attached hydrogen (secondary N) is 2. The molecule has 1 unspecified atom stereocenters. The molecular weight excluding hydrogens is 328 g/mol. The molecule has 0 saturated carbocycles. The van der Waals surface area contributed by atoms with E-state index >= 15 is 0 Å². The van der Waals surface area contributed by atoms with Crippen molar-refractivity contribution in [2.24, 2.45) is 0 Å². The number of carbonyl (C=O) groups is 1. The molecule has 1 atom stereocenters. The predicted molar refractivity (Wildman–Crippen MR) is 100 cm³/mol. The molecule has 6 heteroatoms. The van der Waals surface area contributed by atoms with Crippen LogP contribution < -0.4 is 15.3 Å². The number of benzene rings is 2. The Morgan fingerprint density at radius 1 is 1.08 bits per heavy atom. The van der Waals surface area contributed by atoms with Gasteiger partial charge in [-0.15, -0.1) is 0 Å². The van der Waals surface area contributed by atoms with Crippen LogP contribution in [0.5, 0.6) is 0 Å². The van der Waals surface area contributed by atoms with Crippen molar-refractivity contribution >= 4 is 17.6 Å². The minimum atomic E-state index is -0.360. The standard InChI is InChI=1S/C20H22N4O2/c1-14-8-7-9-15(2)19(14)22-20(25)21-18-13-24(23-26-18)16(3)12-17-10-5-4-6-11-17/h4-11,13,16H,12H2,1-3H3,(H-,21,22,23,25)/p+1. The van der Waals surface area contributed by atoms with Crippen LogP contribution in [0, 0.1) is 13.8 Å². The number of aryl methyl sites for hydroxylation is 2. The van der Waals surface area contributed by atoms with Gasteiger partial charge >= 0.3 is 11.9 Å². The van der Waals surface area contributed by atoms with Gasteiger partial charge in [0.2, 0.25) is 5.27 Å². The van der Waals surface area contributed by atoms with E-state index in [2.05, 4.69) is 35.0 Å². The second kappa shape index (κ2) is 7.82. The predicted octanol–water partition coefficient (Wildman–Crippen LogP) is 4.03. The molecule has 0 aliphatic carbocycles. The Morgan fingerprint density at radius 2 is 1.77 bits per heavy atom. The van der Waals surface area contributed by atoms with Crippen LogP contribution >= 0.6 is 0 Å². The number of rotatable bonds is 5. The number of anilines is 2. The summed E-state index contributed by atoms with van der Waals surface area (Å²) in [4.78, 5) is 12.2. The molecule has 2 amide bonds. The number of aromatic nitrogens is 2. The average molecular weight is 351 g/mol. The van der Waals surface area contributed by atoms with Crippen molar-refractivity contribution in [2.75, 3.05) is 10.6 Å². The van der Waals surface area contributed by atoms with Crippen LogP contribution in [0.25, 0.3) is 0 Å². The van der Waals surface area contributed by atoms with Crippen LogP contribution in [-0.2, 0) is 6.42 Å². The molecule has 3 rings (SSSR count). The largest absolute Gasteiger partial charge is 0.326 e. The maximum absolute atomic E-state index is 12.2. The monoisotopic (exact) mass is 351 g/mol. The molecule has 26 heavy (non-hydrogen) atoms. The van der Waals surface area contributed by atoms with Crippen molar-refractivity contribution in [1.82, 2.24) is 5.27 Å². The summed E-state index contributed by atoms with van der Waals surface area (Å²) in [5.74, 6) is 0.300. The first-order valence-corrected chi connectivity index (χ1v) is 8.59. The van der Waals surface area contributed by atoms with Crippen LogP contribution in [0.15, 0.2) is 59.3 Å². The molecule has 0 fully saturated rings. The van der Waals surface area contributed by atoms with Crippen molar-refractivity contribution in [3.05, 3.63) is 71.4 Å². The highest BCUT2D eigenvalue weighted by Gasteiger charge is 2.21. The van der Waals surface area contributed by atoms with Crippen LogP contribution in [0.2, 0.25) is 0 Å². The normalized spacial score (nSPS) is 11.8. The zero-order valence-electron chi connectivity index (χ0n) is 15.2. The van der Waals surface area contributed by atoms with Gasteiger partial charge in [0, 0.05) is 19.0 Å². The van der Waals surface area contributed by atoms with Gasteiger partial charge < -0.3 is 5.32 Å². The van der Waals surface area contributed by atoms with E-state index in [1.54, 1.807) is 10.9 Å². The van der Waals surface area contributed by atoms with Crippen LogP contribution in [0.4, 0.5) is 16.4 Å². The van der Waals surface area contributed by atoms with Gasteiger partial charge in [-0.3, -0.25) is 9.84 Å². The number of para-hydroxylation sites is 1. The van der Waals surface area contributed by atoms with Crippen molar-refractivity contribution in [3.63, 3.8) is 0 Å². The molecule has 2 N–H and O–H groups in total. The SMILES string of the molecule is Cc1cccc(C)c1NC(=O)Nc1c[n+](C(C)Cc2ccccc2)no1. The first-order chi connectivity index (χ1) is 12.5. The van der Waals surface area contributed by atoms with Gasteiger partial charge in [-0.1, -0.05) is 48.5 Å². The Labute approximate surface area is 152 Å². The number of hydrogen-bond donors (Lipinski definition) is 2. The maximum atomic E-state index is 12.2. The van der Waals surface area contributed by atoms with E-state index in [0.29, 0.717) is 5.88 Å². The third kappa shape index (κ3) is 4.27. The van der Waals surface area contributed by atoms with Gasteiger partial charge in [0.25, 0.3) is 6.20 Å². The second-order valence-corrected chi connectivity index (χ2v) is 6.43. The van der Waals surface area contributed by atoms with Crippen LogP contribution in [-0.4, -0.2) is 11.3 Å². The quantitative estimate of drug-likeness (QED) is 0.682. The molecule has 0 spiro atoms. The molecule has 1 heterocycles. The summed E-state index contributed by atoms with van der Waals surface area (Å²) in [7, 11) is 0. The zero-order chi connectivity index (χ0) is 18.5. The Bertz CT molecular complexity index is 870. The maximum Gasteiger partial charge on any atom is 0.326 e. The molecule has 0 saturated heterocycles. The van der Waals surface area contributed by atoms with E-state index in [1.165, 1.54) is 5.56 Å². The van der Waals surface area contributed by atoms with Gasteiger partial charge in [0.1, 0.15) is 0 Å². The average Bonchev–Trinajstić information content (AvgIpc) is 3.08. The minimum absolute atomic E-state index is 0.110. The summed E-state index contributed by atoms with van der Waals surface area (Å²) in [5, 5.41) is 9.55. The Morgan fingerprint density at radius 3 is 2.46 bits per heavy atom. The zero-order valence-corrected chi connectivity index (χ0v) is 15.2. The van der Waals surface area contributed by atoms with Crippen molar-refractivity contribution in [2.45, 2.75) is 33.2 Å². The Kier molecular flexibility index (Phi) is 5.31. The second-order valence-electron chi connectivity index (χ2n) is 6.43. The summed E-state index contributed by atoms with van der Waals surface area (Å²) >= 11 is 0. The Balaban J connectivity index is 1.62. The summed E-state index contributed by atoms with van der Waals surface area (Å²) in [6.45, 7) is 5.96. The van der Waals surface area contributed by atoms with Gasteiger partial charge in [-0.05, 0) is 35.2 Å². The summed E-state index contributed by atoms with van der Waals surface area (Å²) in [5.41, 5.74) is 4.03. The first kappa shape index (κ1) is 17.7. The fraction of sp³-hybridized carbons (Fsp3) is 0.250. The van der Waals surface area contributed by atoms with Crippen molar-refractivity contribution in [3.8, 4) is 0 Å². The molecule has 3 aromatic rings. The highest BCUT2D eigenvalue weighted by atomic mass is 16.5. The molecule has 0 radical (unpaired) electrons. The number of amides is 2. The van der Waals surface area contributed by atoms with E-state index in [0.717, 1.165) is 23.2 Å². The summed E-state index contributed by atoms with van der Waals surface area (Å²) < 4.78 is 6.94. The number of urea groups is 1. The summed E-state index contributed by atoms with van der Waals surface area (Å²) in [6, 6.07) is 15.8. The number of carbonyl (C=O) groups excluding carboxylic acids is 1. The number of nitrogens with zero attached hydrogens (tertiary/aromatic N) is 2. The van der Waals surface area contributed by atoms with E-state index in [1.807, 2.05) is 50.2 Å². The lowest BCUT2D eigenvalue weighted by Gasteiger charge is -2.10. The molecule has 2 aromatic carbocycles. The molecule has 0 aliphatic rings. The molecule has 1 aromatic heterocycles. The molecule has 0 aliphatic heterocycles. The lowest BCUT2D eigenvalue weighted by molar-refractivity contribution is -0.782. The summed E-state index contributed by atoms with van der Waals surface area (Å²) in [6.07, 6.45) is 2.52. The van der Waals surface area contributed by atoms with E-state index in [9.17, 15) is 4.79 Å². The fourth-order valence-electron chi connectivity index (χ4n) is 2.84. The van der Waals surface area contributed by atoms with Crippen LogP contribution in [0.1, 0.15) is 29.7 Å². The lowest BCUT2D eigenvalue weighted by Crippen LogP contribution is -2.40. The van der Waals surface area contributed by atoms with Crippen LogP contribution in [0.3, 0.4) is 0 Å². The Hall–Kier alpha value is -3.15. The molecular formula is C20H23N4O2+. The van der Waals surface area contributed by atoms with Gasteiger partial charge in [-0.25, -0.2) is 4.79 Å². The molecule has 134 valence electrons. The van der Waals surface area contributed by atoms with E-state index in [4.69, 9.17) is 4.52 Å². The number of hydrogen-bond acceptors (Lipinski definition) is 3. The smallest absolute Gasteiger partial charge is 0.307 e. The highest BCUT2D eigenvalue weighted by molar-refractivity contribution is 5.99. The fourth-order valence-corrected chi connectivity index (χ4v) is 2.84. The topological polar surface area (TPSA) is 71.0 Å². The van der Waals surface area contributed by atoms with Crippen molar-refractivity contribution < 1.29 is 14.0 Å². The van der Waals surface area contributed by atoms with Crippen molar-refractivity contribution in [1.29, 1.82) is 0 Å². The van der Waals surface area contributed by atoms with E-state index < -0.39 is 0 Å². The first-order valence-electron chi connectivity index (χ1n) is 8.59. The minimum Gasteiger partial charge on any atom is -0.307 e. The van der Waals surface area contributed by atoms with Gasteiger partial charge in [-0.2, -0.15) is 0 Å².